The lowest BCUT2D eigenvalue weighted by Crippen LogP contribution is -2.53. The fraction of sp³-hybridized carbons (Fsp3) is 0.714. The fourth-order valence-corrected chi connectivity index (χ4v) is 2.82. The van der Waals surface area contributed by atoms with Crippen molar-refractivity contribution >= 4 is 11.9 Å². The molecule has 108 valence electrons. The van der Waals surface area contributed by atoms with Crippen molar-refractivity contribution in [2.45, 2.75) is 32.6 Å². The first-order valence-electron chi connectivity index (χ1n) is 6.88. The van der Waals surface area contributed by atoms with Crippen molar-refractivity contribution in [2.24, 2.45) is 5.41 Å². The van der Waals surface area contributed by atoms with Crippen molar-refractivity contribution in [3.63, 3.8) is 0 Å². The molecule has 1 unspecified atom stereocenters. The maximum Gasteiger partial charge on any atom is 0.323 e. The van der Waals surface area contributed by atoms with E-state index in [4.69, 9.17) is 5.11 Å². The molecule has 1 aliphatic rings. The first kappa shape index (κ1) is 15.7. The molecule has 5 nitrogen and oxygen atoms in total. The summed E-state index contributed by atoms with van der Waals surface area (Å²) in [4.78, 5) is 25.0. The normalized spacial score (nSPS) is 22.8. The molecule has 2 N–H and O–H groups in total. The number of carbonyl (C=O) groups is 2. The van der Waals surface area contributed by atoms with Gasteiger partial charge in [0.25, 0.3) is 0 Å². The number of carboxylic acid groups (broad SMARTS) is 1. The number of nitrogens with zero attached hydrogens (tertiary/aromatic N) is 1. The highest BCUT2D eigenvalue weighted by Gasteiger charge is 2.41. The number of carboxylic acids is 1. The van der Waals surface area contributed by atoms with Gasteiger partial charge in [-0.05, 0) is 25.8 Å². The van der Waals surface area contributed by atoms with Crippen LogP contribution in [0.2, 0.25) is 0 Å². The molecule has 19 heavy (non-hydrogen) atoms. The number of amides is 1. The Hall–Kier alpha value is -1.36. The molecule has 0 saturated carbocycles. The first-order chi connectivity index (χ1) is 9.05. The van der Waals surface area contributed by atoms with Crippen molar-refractivity contribution < 1.29 is 14.7 Å². The van der Waals surface area contributed by atoms with Gasteiger partial charge in [0.15, 0.2) is 0 Å². The number of aliphatic carboxylic acids is 1. The molecule has 1 saturated heterocycles. The third kappa shape index (κ3) is 4.06. The quantitative estimate of drug-likeness (QED) is 0.682. The van der Waals surface area contributed by atoms with Crippen LogP contribution in [-0.2, 0) is 9.59 Å². The zero-order valence-corrected chi connectivity index (χ0v) is 11.7. The van der Waals surface area contributed by atoms with E-state index in [9.17, 15) is 9.59 Å². The van der Waals surface area contributed by atoms with Crippen LogP contribution in [0.15, 0.2) is 12.7 Å². The highest BCUT2D eigenvalue weighted by Crippen LogP contribution is 2.33. The van der Waals surface area contributed by atoms with Crippen molar-refractivity contribution in [1.82, 2.24) is 10.2 Å². The van der Waals surface area contributed by atoms with Gasteiger partial charge in [0, 0.05) is 13.1 Å². The van der Waals surface area contributed by atoms with Crippen LogP contribution in [-0.4, -0.2) is 48.1 Å². The van der Waals surface area contributed by atoms with E-state index >= 15 is 0 Å². The number of rotatable bonds is 7. The molecule has 1 atom stereocenters. The summed E-state index contributed by atoms with van der Waals surface area (Å²) in [6.45, 7) is 7.27. The van der Waals surface area contributed by atoms with Crippen LogP contribution in [0.1, 0.15) is 32.6 Å². The largest absolute Gasteiger partial charge is 0.480 e. The standard InChI is InChI=1S/C14H24N2O3/c1-3-6-14(7-5-8-15-11-14)13(19)16(9-4-2)10-12(17)18/h4,15H,2-3,5-11H2,1H3,(H,17,18). The molecule has 0 aromatic rings. The smallest absolute Gasteiger partial charge is 0.323 e. The van der Waals surface area contributed by atoms with E-state index in [0.717, 1.165) is 32.2 Å². The number of piperidine rings is 1. The minimum atomic E-state index is -0.981. The zero-order chi connectivity index (χ0) is 14.3. The summed E-state index contributed by atoms with van der Waals surface area (Å²) in [5, 5.41) is 12.2. The molecule has 0 aliphatic carbocycles. The molecule has 0 bridgehead atoms. The SMILES string of the molecule is C=CCN(CC(=O)O)C(=O)C1(CCC)CCCNC1. The van der Waals surface area contributed by atoms with Gasteiger partial charge in [-0.15, -0.1) is 6.58 Å². The van der Waals surface area contributed by atoms with Crippen LogP contribution in [0, 0.1) is 5.41 Å². The van der Waals surface area contributed by atoms with Crippen LogP contribution in [0.25, 0.3) is 0 Å². The zero-order valence-electron chi connectivity index (χ0n) is 11.7. The Bertz CT molecular complexity index is 330. The second-order valence-electron chi connectivity index (χ2n) is 5.18. The van der Waals surface area contributed by atoms with Gasteiger partial charge >= 0.3 is 5.97 Å². The third-order valence-corrected chi connectivity index (χ3v) is 3.62. The summed E-state index contributed by atoms with van der Waals surface area (Å²) >= 11 is 0. The lowest BCUT2D eigenvalue weighted by Gasteiger charge is -2.39. The molecule has 1 heterocycles. The van der Waals surface area contributed by atoms with Gasteiger partial charge in [-0.3, -0.25) is 9.59 Å². The predicted molar refractivity (Wildman–Crippen MR) is 73.9 cm³/mol. The van der Waals surface area contributed by atoms with Gasteiger partial charge < -0.3 is 15.3 Å². The van der Waals surface area contributed by atoms with Gasteiger partial charge in [0.05, 0.1) is 5.41 Å². The fourth-order valence-electron chi connectivity index (χ4n) is 2.82. The Morgan fingerprint density at radius 3 is 2.74 bits per heavy atom. The molecule has 1 aliphatic heterocycles. The molecule has 0 aromatic heterocycles. The number of nitrogens with one attached hydrogen (secondary N) is 1. The highest BCUT2D eigenvalue weighted by atomic mass is 16.4. The van der Waals surface area contributed by atoms with Crippen molar-refractivity contribution in [1.29, 1.82) is 0 Å². The molecule has 1 fully saturated rings. The predicted octanol–water partition coefficient (Wildman–Crippen LogP) is 1.26. The minimum absolute atomic E-state index is 0.0520. The third-order valence-electron chi connectivity index (χ3n) is 3.62. The number of hydrogen-bond donors (Lipinski definition) is 2. The molecule has 0 spiro atoms. The average Bonchev–Trinajstić information content (AvgIpc) is 2.38. The van der Waals surface area contributed by atoms with E-state index in [1.165, 1.54) is 4.90 Å². The molecule has 0 aromatic carbocycles. The van der Waals surface area contributed by atoms with Crippen LogP contribution >= 0.6 is 0 Å². The van der Waals surface area contributed by atoms with Crippen LogP contribution < -0.4 is 5.32 Å². The summed E-state index contributed by atoms with van der Waals surface area (Å²) in [5.74, 6) is -1.03. The van der Waals surface area contributed by atoms with E-state index in [0.29, 0.717) is 6.54 Å². The molecule has 0 radical (unpaired) electrons. The number of carbonyl (C=O) groups excluding carboxylic acids is 1. The molecular formula is C14H24N2O3. The van der Waals surface area contributed by atoms with E-state index in [2.05, 4.69) is 18.8 Å². The number of hydrogen-bond acceptors (Lipinski definition) is 3. The first-order valence-corrected chi connectivity index (χ1v) is 6.88. The van der Waals surface area contributed by atoms with Crippen molar-refractivity contribution in [2.75, 3.05) is 26.2 Å². The van der Waals surface area contributed by atoms with Crippen molar-refractivity contribution in [3.8, 4) is 0 Å². The Labute approximate surface area is 114 Å². The Morgan fingerprint density at radius 2 is 2.26 bits per heavy atom. The highest BCUT2D eigenvalue weighted by molar-refractivity contribution is 5.86. The lowest BCUT2D eigenvalue weighted by atomic mass is 9.75. The topological polar surface area (TPSA) is 69.6 Å². The lowest BCUT2D eigenvalue weighted by molar-refractivity contribution is -0.150. The Balaban J connectivity index is 2.88. The van der Waals surface area contributed by atoms with Gasteiger partial charge in [-0.1, -0.05) is 19.4 Å². The summed E-state index contributed by atoms with van der Waals surface area (Å²) < 4.78 is 0. The average molecular weight is 268 g/mol. The molecular weight excluding hydrogens is 244 g/mol. The van der Waals surface area contributed by atoms with Gasteiger partial charge in [0.2, 0.25) is 5.91 Å². The van der Waals surface area contributed by atoms with E-state index < -0.39 is 11.4 Å². The molecule has 5 heteroatoms. The van der Waals surface area contributed by atoms with E-state index in [1.807, 2.05) is 0 Å². The molecule has 1 rings (SSSR count). The van der Waals surface area contributed by atoms with Crippen LogP contribution in [0.4, 0.5) is 0 Å². The Morgan fingerprint density at radius 1 is 1.53 bits per heavy atom. The maximum absolute atomic E-state index is 12.7. The summed E-state index contributed by atoms with van der Waals surface area (Å²) in [7, 11) is 0. The van der Waals surface area contributed by atoms with E-state index in [1.54, 1.807) is 6.08 Å². The van der Waals surface area contributed by atoms with Gasteiger partial charge in [-0.25, -0.2) is 0 Å². The van der Waals surface area contributed by atoms with Crippen molar-refractivity contribution in [3.05, 3.63) is 12.7 Å². The summed E-state index contributed by atoms with van der Waals surface area (Å²) in [5.41, 5.74) is -0.439. The maximum atomic E-state index is 12.7. The Kier molecular flexibility index (Phi) is 6.02. The summed E-state index contributed by atoms with van der Waals surface area (Å²) in [6, 6.07) is 0. The molecule has 1 amide bonds. The van der Waals surface area contributed by atoms with Crippen LogP contribution in [0.3, 0.4) is 0 Å². The monoisotopic (exact) mass is 268 g/mol. The van der Waals surface area contributed by atoms with Gasteiger partial charge in [-0.2, -0.15) is 0 Å². The summed E-state index contributed by atoms with van der Waals surface area (Å²) in [6.07, 6.45) is 5.09. The van der Waals surface area contributed by atoms with Gasteiger partial charge in [0.1, 0.15) is 6.54 Å². The minimum Gasteiger partial charge on any atom is -0.480 e. The second kappa shape index (κ2) is 7.28. The van der Waals surface area contributed by atoms with E-state index in [-0.39, 0.29) is 19.0 Å². The van der Waals surface area contributed by atoms with Crippen LogP contribution in [0.5, 0.6) is 0 Å². The second-order valence-corrected chi connectivity index (χ2v) is 5.18.